The number of aromatic nitrogens is 1. The van der Waals surface area contributed by atoms with Crippen LogP contribution in [-0.2, 0) is 31.0 Å². The number of nitrogens with one attached hydrogen (secondary N) is 1. The number of oxime groups is 1. The van der Waals surface area contributed by atoms with Crippen LogP contribution in [0.25, 0.3) is 0 Å². The quantitative estimate of drug-likeness (QED) is 0.151. The maximum atomic E-state index is 12.5. The first-order valence-electron chi connectivity index (χ1n) is 7.22. The fourth-order valence-corrected chi connectivity index (χ4v) is 3.54. The Morgan fingerprint density at radius 2 is 2.19 bits per heavy atom. The van der Waals surface area contributed by atoms with Crippen LogP contribution in [0.2, 0.25) is 0 Å². The number of carbonyl (C=O) groups is 3. The van der Waals surface area contributed by atoms with Crippen molar-refractivity contribution in [3.8, 4) is 0 Å². The van der Waals surface area contributed by atoms with Crippen LogP contribution in [-0.4, -0.2) is 66.2 Å². The molecule has 27 heavy (non-hydrogen) atoms. The lowest BCUT2D eigenvalue weighted by Gasteiger charge is -2.40. The lowest BCUT2D eigenvalue weighted by atomic mass is 10.1. The van der Waals surface area contributed by atoms with Crippen molar-refractivity contribution in [2.45, 2.75) is 25.5 Å². The largest absolute Gasteiger partial charge is 0.478 e. The van der Waals surface area contributed by atoms with Crippen LogP contribution >= 0.6 is 18.0 Å². The Morgan fingerprint density at radius 3 is 2.63 bits per heavy atom. The molecule has 0 aromatic carbocycles. The molecule has 0 spiro atoms. The Bertz CT molecular complexity index is 864. The van der Waals surface area contributed by atoms with Gasteiger partial charge < -0.3 is 30.8 Å². The summed E-state index contributed by atoms with van der Waals surface area (Å²) in [5, 5.41) is 16.5. The normalized spacial score (nSPS) is 18.1. The summed E-state index contributed by atoms with van der Waals surface area (Å²) in [6.07, 6.45) is 0. The lowest BCUT2D eigenvalue weighted by molar-refractivity contribution is -0.161. The number of amides is 2. The van der Waals surface area contributed by atoms with E-state index in [-0.39, 0.29) is 17.4 Å². The van der Waals surface area contributed by atoms with Gasteiger partial charge in [0.15, 0.2) is 10.8 Å². The third-order valence-electron chi connectivity index (χ3n) is 3.39. The highest BCUT2D eigenvalue weighted by atomic mass is 32.5. The summed E-state index contributed by atoms with van der Waals surface area (Å²) in [6.45, 7) is -1.65. The highest BCUT2D eigenvalue weighted by Gasteiger charge is 2.45. The first kappa shape index (κ1) is 21.2. The van der Waals surface area contributed by atoms with Crippen molar-refractivity contribution in [3.63, 3.8) is 0 Å². The summed E-state index contributed by atoms with van der Waals surface area (Å²) >= 11 is 5.45. The van der Waals surface area contributed by atoms with E-state index in [1.165, 1.54) is 19.2 Å². The number of thiazole rings is 1. The predicted octanol–water partition coefficient (Wildman–Crippen LogP) is -1.15. The minimum atomic E-state index is -3.91. The molecule has 1 atom stereocenters. The fraction of sp³-hybridized carbons (Fsp3) is 0.417. The summed E-state index contributed by atoms with van der Waals surface area (Å²) in [4.78, 5) is 63.0. The minimum absolute atomic E-state index is 0.0225. The third kappa shape index (κ3) is 4.78. The first-order chi connectivity index (χ1) is 12.3. The number of β-lactam (4-membered cyclic amide) rings is 1. The molecule has 1 aromatic heterocycles. The van der Waals surface area contributed by atoms with Gasteiger partial charge in [-0.25, -0.2) is 9.78 Å². The van der Waals surface area contributed by atoms with E-state index >= 15 is 0 Å². The van der Waals surface area contributed by atoms with Gasteiger partial charge in [-0.2, -0.15) is 0 Å². The molecule has 15 heteroatoms. The molecule has 1 aromatic rings. The molecule has 2 amide bonds. The fourth-order valence-electron chi connectivity index (χ4n) is 1.78. The Hall–Kier alpha value is -2.12. The van der Waals surface area contributed by atoms with Gasteiger partial charge in [0.2, 0.25) is 5.60 Å². The number of carboxylic acid groups (broad SMARTS) is 1. The van der Waals surface area contributed by atoms with Crippen LogP contribution in [0.3, 0.4) is 0 Å². The van der Waals surface area contributed by atoms with E-state index in [2.05, 4.69) is 27.3 Å². The predicted molar refractivity (Wildman–Crippen MR) is 98.2 cm³/mol. The van der Waals surface area contributed by atoms with Crippen LogP contribution in [0.1, 0.15) is 19.5 Å². The van der Waals surface area contributed by atoms with Gasteiger partial charge in [-0.3, -0.25) is 14.3 Å². The molecule has 1 fully saturated rings. The van der Waals surface area contributed by atoms with E-state index in [1.807, 2.05) is 0 Å². The molecule has 1 aliphatic heterocycles. The molecular weight excluding hydrogens is 421 g/mol. The highest BCUT2D eigenvalue weighted by Crippen LogP contribution is 2.44. The van der Waals surface area contributed by atoms with Crippen LogP contribution < -0.4 is 11.1 Å². The summed E-state index contributed by atoms with van der Waals surface area (Å²) in [6, 6.07) is -1.05. The number of hydrogen-bond acceptors (Lipinski definition) is 9. The molecule has 6 N–H and O–H groups in total. The molecule has 2 rings (SSSR count). The molecule has 0 aliphatic carbocycles. The van der Waals surface area contributed by atoms with Gasteiger partial charge in [-0.1, -0.05) is 5.16 Å². The molecule has 1 saturated heterocycles. The lowest BCUT2D eigenvalue weighted by Crippen LogP contribution is -2.63. The summed E-state index contributed by atoms with van der Waals surface area (Å²) in [5.41, 5.74) is 3.44. The van der Waals surface area contributed by atoms with Gasteiger partial charge in [0.1, 0.15) is 11.7 Å². The number of nitrogen functional groups attached to an aromatic ring is 1. The van der Waals surface area contributed by atoms with E-state index < -0.39 is 41.8 Å². The van der Waals surface area contributed by atoms with Crippen molar-refractivity contribution in [1.29, 1.82) is 0 Å². The van der Waals surface area contributed by atoms with E-state index in [0.29, 0.717) is 4.67 Å². The van der Waals surface area contributed by atoms with Gasteiger partial charge >= 0.3 is 5.97 Å². The molecule has 0 unspecified atom stereocenters. The number of anilines is 1. The number of nitrogens with zero attached hydrogens (tertiary/aromatic N) is 3. The summed E-state index contributed by atoms with van der Waals surface area (Å²) < 4.78 is 0.676. The maximum Gasteiger partial charge on any atom is 0.350 e. The first-order valence-corrected chi connectivity index (χ1v) is 10.8. The van der Waals surface area contributed by atoms with Gasteiger partial charge in [0.05, 0.1) is 6.54 Å². The van der Waals surface area contributed by atoms with Crippen LogP contribution in [0.4, 0.5) is 5.13 Å². The second-order valence-corrected chi connectivity index (χ2v) is 9.75. The zero-order valence-electron chi connectivity index (χ0n) is 14.0. The SMILES string of the molecule is CC(C)(ON=C(C(=O)N[C@H]1CN(P(O)(O)=S)C1=O)c1csc(N)n1)C(=O)O. The van der Waals surface area contributed by atoms with Gasteiger partial charge in [-0.15, -0.1) is 11.3 Å². The zero-order valence-corrected chi connectivity index (χ0v) is 16.5. The van der Waals surface area contributed by atoms with Crippen molar-refractivity contribution in [2.24, 2.45) is 5.16 Å². The van der Waals surface area contributed by atoms with Crippen LogP contribution in [0.15, 0.2) is 10.5 Å². The number of nitrogens with two attached hydrogens (primary N) is 1. The second-order valence-electron chi connectivity index (χ2n) is 5.88. The van der Waals surface area contributed by atoms with E-state index in [1.54, 1.807) is 0 Å². The highest BCUT2D eigenvalue weighted by molar-refractivity contribution is 8.08. The molecule has 2 heterocycles. The Labute approximate surface area is 161 Å². The van der Waals surface area contributed by atoms with Crippen molar-refractivity contribution in [1.82, 2.24) is 15.0 Å². The van der Waals surface area contributed by atoms with Crippen molar-refractivity contribution >= 4 is 58.4 Å². The van der Waals surface area contributed by atoms with Crippen LogP contribution in [0, 0.1) is 0 Å². The number of carboxylic acids is 1. The Balaban J connectivity index is 2.19. The molecule has 0 radical (unpaired) electrons. The Kier molecular flexibility index (Phi) is 5.87. The number of hydrogen-bond donors (Lipinski definition) is 5. The monoisotopic (exact) mass is 437 g/mol. The summed E-state index contributed by atoms with van der Waals surface area (Å²) in [7, 11) is 0. The number of carbonyl (C=O) groups excluding carboxylic acids is 2. The molecule has 148 valence electrons. The smallest absolute Gasteiger partial charge is 0.350 e. The standard InChI is InChI=1S/C12H16N5O7PS2/c1-12(2,10(20)21)24-16-7(6-4-27-11(13)15-6)8(18)14-5-3-17(9(5)19)25(22,23)26/h4-5H,3H2,1-2H3,(H2,13,15)(H,14,18)(H,20,21)(H2,22,23,26)/t5-/m0/s1. The third-order valence-corrected chi connectivity index (χ3v) is 5.64. The van der Waals surface area contributed by atoms with Gasteiger partial charge in [0, 0.05) is 5.38 Å². The van der Waals surface area contributed by atoms with Gasteiger partial charge in [-0.05, 0) is 25.7 Å². The topological polar surface area (TPSA) is 188 Å². The second kappa shape index (κ2) is 7.48. The average molecular weight is 437 g/mol. The zero-order chi connectivity index (χ0) is 20.6. The number of aliphatic carboxylic acids is 1. The molecule has 1 aliphatic rings. The van der Waals surface area contributed by atoms with E-state index in [0.717, 1.165) is 11.3 Å². The molecule has 0 bridgehead atoms. The van der Waals surface area contributed by atoms with Gasteiger partial charge in [0.25, 0.3) is 18.5 Å². The number of rotatable bonds is 7. The van der Waals surface area contributed by atoms with E-state index in [9.17, 15) is 24.2 Å². The van der Waals surface area contributed by atoms with E-state index in [4.69, 9.17) is 15.7 Å². The molecular formula is C12H16N5O7PS2. The van der Waals surface area contributed by atoms with Crippen molar-refractivity contribution < 1.29 is 34.1 Å². The Morgan fingerprint density at radius 1 is 1.56 bits per heavy atom. The molecule has 12 nitrogen and oxygen atoms in total. The molecule has 0 saturated carbocycles. The average Bonchev–Trinajstić information content (AvgIpc) is 2.95. The maximum absolute atomic E-state index is 12.5. The van der Waals surface area contributed by atoms with Crippen LogP contribution in [0.5, 0.6) is 0 Å². The minimum Gasteiger partial charge on any atom is -0.478 e. The summed E-state index contributed by atoms with van der Waals surface area (Å²) in [5.74, 6) is -2.96. The van der Waals surface area contributed by atoms with Crippen molar-refractivity contribution in [2.75, 3.05) is 12.3 Å². The van der Waals surface area contributed by atoms with Crippen molar-refractivity contribution in [3.05, 3.63) is 11.1 Å².